The maximum Gasteiger partial charge on any atom is 0.407 e. The number of ether oxygens (including phenoxy) is 5. The molecule has 1 unspecified atom stereocenters. The minimum atomic E-state index is -0.746. The normalized spacial score (nSPS) is 28.5. The molecule has 0 spiro atoms. The molecular formula is C56H71N7O9. The molecular weight excluding hydrogens is 915 g/mol. The lowest BCUT2D eigenvalue weighted by Crippen LogP contribution is -2.57. The first-order valence-electron chi connectivity index (χ1n) is 26.5. The summed E-state index contributed by atoms with van der Waals surface area (Å²) in [5.41, 5.74) is 7.99. The number of imidazole rings is 1. The van der Waals surface area contributed by atoms with E-state index in [0.717, 1.165) is 87.1 Å². The van der Waals surface area contributed by atoms with Crippen molar-refractivity contribution < 1.29 is 42.9 Å². The number of carbonyl (C=O) groups is 4. The Hall–Kier alpha value is -6.00. The molecule has 6 aliphatic heterocycles. The van der Waals surface area contributed by atoms with Gasteiger partial charge < -0.3 is 49.1 Å². The number of H-pyrrole nitrogens is 1. The van der Waals surface area contributed by atoms with E-state index in [2.05, 4.69) is 71.9 Å². The van der Waals surface area contributed by atoms with Gasteiger partial charge in [-0.05, 0) is 176 Å². The van der Waals surface area contributed by atoms with Crippen molar-refractivity contribution >= 4 is 46.2 Å². The van der Waals surface area contributed by atoms with Crippen LogP contribution >= 0.6 is 0 Å². The van der Waals surface area contributed by atoms with Gasteiger partial charge in [-0.25, -0.2) is 14.6 Å². The molecule has 3 N–H and O–H groups in total. The maximum atomic E-state index is 14.8. The summed E-state index contributed by atoms with van der Waals surface area (Å²) in [6.07, 6.45) is 7.04. The lowest BCUT2D eigenvalue weighted by molar-refractivity contribution is -0.140. The van der Waals surface area contributed by atoms with Gasteiger partial charge in [0.05, 0.1) is 67.3 Å². The van der Waals surface area contributed by atoms with Crippen LogP contribution in [0.1, 0.15) is 130 Å². The number of amides is 4. The van der Waals surface area contributed by atoms with Crippen LogP contribution in [0.15, 0.2) is 53.7 Å². The highest BCUT2D eigenvalue weighted by molar-refractivity contribution is 6.07. The van der Waals surface area contributed by atoms with Gasteiger partial charge in [0.25, 0.3) is 0 Å². The van der Waals surface area contributed by atoms with E-state index in [4.69, 9.17) is 33.7 Å². The fourth-order valence-corrected chi connectivity index (χ4v) is 13.0. The quantitative estimate of drug-likeness (QED) is 0.131. The van der Waals surface area contributed by atoms with Crippen LogP contribution in [0.4, 0.5) is 15.3 Å². The van der Waals surface area contributed by atoms with Crippen LogP contribution in [0.25, 0.3) is 33.2 Å². The minimum Gasteiger partial charge on any atom is -0.488 e. The highest BCUT2D eigenvalue weighted by atomic mass is 16.6. The number of hydrogen-bond acceptors (Lipinski definition) is 11. The van der Waals surface area contributed by atoms with E-state index >= 15 is 0 Å². The Labute approximate surface area is 422 Å². The number of hydrogen-bond donors (Lipinski definition) is 3. The highest BCUT2D eigenvalue weighted by Crippen LogP contribution is 2.46. The second kappa shape index (κ2) is 20.5. The molecule has 10 atom stereocenters. The lowest BCUT2D eigenvalue weighted by Gasteiger charge is -2.39. The number of nitrogens with zero attached hydrogens (tertiary/aromatic N) is 4. The van der Waals surface area contributed by atoms with Gasteiger partial charge in [-0.15, -0.1) is 0 Å². The smallest absolute Gasteiger partial charge is 0.407 e. The van der Waals surface area contributed by atoms with Gasteiger partial charge in [-0.1, -0.05) is 18.2 Å². The zero-order chi connectivity index (χ0) is 50.5. The number of likely N-dealkylation sites (tertiary alicyclic amines) is 2. The molecule has 72 heavy (non-hydrogen) atoms. The Kier molecular flexibility index (Phi) is 14.1. The maximum absolute atomic E-state index is 14.8. The standard InChI is InChI=1S/C56H71N7O9/c1-9-68-55(66)60-50(37-19-31(5)71-32(6)20-37)53(64)62-29(3)11-17-47(62)45-25-42-41-26-49-43(24-35(41)14-16-44(42)58-45)40-15-13-36(23-39(40)28-70-49)46-27-57-52(59-46)48-18-12-30(4)63(48)54(65)51(61-56(67)69-10-2)38-21-33(7)72-34(8)22-38/h13-16,23-24,26-27,29-34,37-38,47-48,50-51H,9-12,17-22,25,28H2,1-8H3,(H,57,59)(H,60,66)(H,61,67)/t29-,30-,31+,32+,33+,34+,47?,48-,50-,51-/m0/s1. The predicted octanol–water partition coefficient (Wildman–Crippen LogP) is 9.49. The average molecular weight is 986 g/mol. The number of rotatable bonds is 11. The SMILES string of the molecule is CCOC(=O)N[C@H](C(=O)N1C(C2=Nc3ccc4cc5c(cc4c3C2)OCc2cc(-c3cnc([C@@H]4CC[C@H](C)N4C(=O)[C@@H](NC(=O)OCC)C4C[C@@H](C)O[C@H](C)C4)[nH]3)ccc2-5)CC[C@@H]1C)C1C[C@@H](C)O[C@H](C)C1. The number of benzene rings is 3. The molecule has 0 bridgehead atoms. The van der Waals surface area contributed by atoms with E-state index in [9.17, 15) is 19.2 Å². The predicted molar refractivity (Wildman–Crippen MR) is 273 cm³/mol. The van der Waals surface area contributed by atoms with Gasteiger partial charge in [0.15, 0.2) is 0 Å². The molecule has 7 heterocycles. The molecule has 4 saturated heterocycles. The summed E-state index contributed by atoms with van der Waals surface area (Å²) in [6.45, 7) is 16.6. The first-order chi connectivity index (χ1) is 34.7. The monoisotopic (exact) mass is 986 g/mol. The summed E-state index contributed by atoms with van der Waals surface area (Å²) in [4.78, 5) is 72.7. The van der Waals surface area contributed by atoms with Crippen LogP contribution in [0.2, 0.25) is 0 Å². The summed E-state index contributed by atoms with van der Waals surface area (Å²) < 4.78 is 29.2. The van der Waals surface area contributed by atoms with Crippen molar-refractivity contribution in [3.05, 3.63) is 65.6 Å². The number of aromatic nitrogens is 2. The molecule has 0 radical (unpaired) electrons. The Morgan fingerprint density at radius 3 is 1.90 bits per heavy atom. The number of alkyl carbamates (subject to hydrolysis) is 2. The van der Waals surface area contributed by atoms with Crippen LogP contribution in [0.5, 0.6) is 5.75 Å². The van der Waals surface area contributed by atoms with E-state index in [1.165, 1.54) is 0 Å². The van der Waals surface area contributed by atoms with E-state index in [1.54, 1.807) is 13.8 Å². The number of fused-ring (bicyclic) bond motifs is 6. The molecule has 4 amide bonds. The molecule has 16 nitrogen and oxygen atoms in total. The van der Waals surface area contributed by atoms with Gasteiger partial charge in [0, 0.05) is 29.8 Å². The molecule has 3 aromatic carbocycles. The van der Waals surface area contributed by atoms with Crippen molar-refractivity contribution in [3.63, 3.8) is 0 Å². The fraction of sp³-hybridized carbons (Fsp3) is 0.571. The van der Waals surface area contributed by atoms with Crippen LogP contribution in [-0.2, 0) is 41.6 Å². The molecule has 16 heteroatoms. The van der Waals surface area contributed by atoms with E-state index in [0.29, 0.717) is 44.5 Å². The number of nitrogens with one attached hydrogen (secondary N) is 3. The summed E-state index contributed by atoms with van der Waals surface area (Å²) >= 11 is 0. The summed E-state index contributed by atoms with van der Waals surface area (Å²) in [6, 6.07) is 13.0. The minimum absolute atomic E-state index is 0.0167. The largest absolute Gasteiger partial charge is 0.488 e. The van der Waals surface area contributed by atoms with Crippen molar-refractivity contribution in [2.24, 2.45) is 16.8 Å². The number of carbonyl (C=O) groups excluding carboxylic acids is 4. The summed E-state index contributed by atoms with van der Waals surface area (Å²) in [7, 11) is 0. The Morgan fingerprint density at radius 2 is 1.31 bits per heavy atom. The van der Waals surface area contributed by atoms with Crippen LogP contribution in [0.3, 0.4) is 0 Å². The molecule has 10 rings (SSSR count). The molecule has 4 aromatic rings. The van der Waals surface area contributed by atoms with Gasteiger partial charge >= 0.3 is 12.2 Å². The summed E-state index contributed by atoms with van der Waals surface area (Å²) in [5.74, 6) is 1.14. The van der Waals surface area contributed by atoms with Crippen molar-refractivity contribution in [3.8, 4) is 28.1 Å². The van der Waals surface area contributed by atoms with Crippen LogP contribution in [-0.4, -0.2) is 117 Å². The van der Waals surface area contributed by atoms with E-state index in [-0.39, 0.29) is 85.4 Å². The second-order valence-electron chi connectivity index (χ2n) is 21.3. The molecule has 4 fully saturated rings. The third kappa shape index (κ3) is 9.68. The molecule has 6 aliphatic rings. The van der Waals surface area contributed by atoms with Gasteiger partial charge in [0.1, 0.15) is 30.3 Å². The lowest BCUT2D eigenvalue weighted by atomic mass is 9.85. The van der Waals surface area contributed by atoms with Crippen molar-refractivity contribution in [2.45, 2.75) is 180 Å². The van der Waals surface area contributed by atoms with Gasteiger partial charge in [-0.2, -0.15) is 0 Å². The first kappa shape index (κ1) is 49.6. The molecule has 0 aliphatic carbocycles. The van der Waals surface area contributed by atoms with Crippen LogP contribution < -0.4 is 15.4 Å². The fourth-order valence-electron chi connectivity index (χ4n) is 13.0. The Bertz CT molecular complexity index is 2740. The topological polar surface area (TPSA) is 186 Å². The van der Waals surface area contributed by atoms with Crippen molar-refractivity contribution in [2.75, 3.05) is 13.2 Å². The molecule has 1 aromatic heterocycles. The second-order valence-corrected chi connectivity index (χ2v) is 21.3. The van der Waals surface area contributed by atoms with Gasteiger partial charge in [-0.3, -0.25) is 14.6 Å². The Balaban J connectivity index is 0.862. The molecule has 384 valence electrons. The van der Waals surface area contributed by atoms with Crippen LogP contribution in [0, 0.1) is 11.8 Å². The van der Waals surface area contributed by atoms with E-state index in [1.807, 2.05) is 43.7 Å². The third-order valence-corrected chi connectivity index (χ3v) is 16.1. The zero-order valence-electron chi connectivity index (χ0n) is 43.0. The highest BCUT2D eigenvalue weighted by Gasteiger charge is 2.47. The average Bonchev–Trinajstić information content (AvgIpc) is 4.17. The van der Waals surface area contributed by atoms with Crippen molar-refractivity contribution in [1.29, 1.82) is 0 Å². The van der Waals surface area contributed by atoms with Gasteiger partial charge in [0.2, 0.25) is 11.8 Å². The van der Waals surface area contributed by atoms with Crippen molar-refractivity contribution in [1.82, 2.24) is 30.4 Å². The van der Waals surface area contributed by atoms with E-state index < -0.39 is 24.3 Å². The molecule has 0 saturated carbocycles. The first-order valence-corrected chi connectivity index (χ1v) is 26.5. The number of aromatic amines is 1. The summed E-state index contributed by atoms with van der Waals surface area (Å²) in [5, 5.41) is 8.08. The number of aliphatic imine (C=N–C) groups is 1. The Morgan fingerprint density at radius 1 is 0.722 bits per heavy atom. The zero-order valence-corrected chi connectivity index (χ0v) is 43.0. The third-order valence-electron chi connectivity index (χ3n) is 16.1.